The average Bonchev–Trinajstić information content (AvgIpc) is 3.48. The monoisotopic (exact) mass is 633 g/mol. The van der Waals surface area contributed by atoms with Crippen LogP contribution in [0.3, 0.4) is 0 Å². The summed E-state index contributed by atoms with van der Waals surface area (Å²) in [6.07, 6.45) is 7.51. The molecule has 0 saturated carbocycles. The molecule has 2 aliphatic heterocycles. The summed E-state index contributed by atoms with van der Waals surface area (Å²) < 4.78 is 32.6. The average molecular weight is 634 g/mol. The molecule has 4 aromatic rings. The highest BCUT2D eigenvalue weighted by Crippen LogP contribution is 2.24. The Kier molecular flexibility index (Phi) is 9.05. The number of aromatic nitrogens is 7. The smallest absolute Gasteiger partial charge is 0.410 e. The van der Waals surface area contributed by atoms with Gasteiger partial charge in [-0.1, -0.05) is 12.1 Å². The van der Waals surface area contributed by atoms with Gasteiger partial charge in [0.15, 0.2) is 17.3 Å². The first kappa shape index (κ1) is 30.9. The fourth-order valence-electron chi connectivity index (χ4n) is 4.97. The Labute approximate surface area is 265 Å². The van der Waals surface area contributed by atoms with Gasteiger partial charge in [0, 0.05) is 38.9 Å². The van der Waals surface area contributed by atoms with Crippen molar-refractivity contribution in [2.24, 2.45) is 0 Å². The number of hydrogen-bond acceptors (Lipinski definition) is 13. The Morgan fingerprint density at radius 1 is 1.00 bits per heavy atom. The molecule has 1 amide bonds. The Bertz CT molecular complexity index is 1620. The van der Waals surface area contributed by atoms with Crippen molar-refractivity contribution in [3.05, 3.63) is 61.2 Å². The van der Waals surface area contributed by atoms with Gasteiger partial charge in [-0.05, 0) is 32.9 Å². The molecular formula is C30H36FN11O4. The third-order valence-corrected chi connectivity index (χ3v) is 7.15. The number of carbonyl (C=O) groups is 1. The molecule has 5 heterocycles. The molecule has 3 aromatic heterocycles. The van der Waals surface area contributed by atoms with E-state index in [2.05, 4.69) is 45.1 Å². The lowest BCUT2D eigenvalue weighted by Crippen LogP contribution is -2.48. The van der Waals surface area contributed by atoms with Crippen LogP contribution in [0.15, 0.2) is 55.4 Å². The molecule has 16 heteroatoms. The van der Waals surface area contributed by atoms with Gasteiger partial charge < -0.3 is 34.2 Å². The number of morpholine rings is 1. The maximum Gasteiger partial charge on any atom is 0.410 e. The van der Waals surface area contributed by atoms with Crippen LogP contribution in [-0.2, 0) is 16.0 Å². The number of para-hydroxylation sites is 1. The lowest BCUT2D eigenvalue weighted by molar-refractivity contribution is -0.0483. The second-order valence-corrected chi connectivity index (χ2v) is 11.8. The maximum absolute atomic E-state index is 13.9. The number of hydrogen-bond donors (Lipinski definition) is 1. The van der Waals surface area contributed by atoms with Crippen LogP contribution in [0.1, 0.15) is 20.8 Å². The zero-order valence-electron chi connectivity index (χ0n) is 25.9. The van der Waals surface area contributed by atoms with E-state index < -0.39 is 11.4 Å². The molecule has 0 aliphatic carbocycles. The highest BCUT2D eigenvalue weighted by Gasteiger charge is 2.28. The van der Waals surface area contributed by atoms with E-state index in [1.807, 2.05) is 27.0 Å². The van der Waals surface area contributed by atoms with Crippen LogP contribution in [0.25, 0.3) is 0 Å². The van der Waals surface area contributed by atoms with Crippen molar-refractivity contribution in [1.29, 1.82) is 0 Å². The fraction of sp³-hybridized carbons (Fsp3) is 0.433. The van der Waals surface area contributed by atoms with Crippen molar-refractivity contribution >= 4 is 29.6 Å². The van der Waals surface area contributed by atoms with Crippen molar-refractivity contribution < 1.29 is 23.4 Å². The summed E-state index contributed by atoms with van der Waals surface area (Å²) in [6, 6.07) is 6.19. The second-order valence-electron chi connectivity index (χ2n) is 11.8. The van der Waals surface area contributed by atoms with Gasteiger partial charge in [0.25, 0.3) is 0 Å². The maximum atomic E-state index is 13.9. The Hall–Kier alpha value is -5.12. The second kappa shape index (κ2) is 13.5. The standard InChI is InChI=1S/C30H36FN11O4/c1-30(2,3)46-29(43)41-12-13-44-23(18-41)19-42-17-21(14-36-42)37-26-34-20-35-28(38-26)40-10-8-39(9-11-40)27-32-15-22(16-33-27)45-25-7-5-4-6-24(25)31/h4-7,14-17,20,23H,8-13,18-19H2,1-3H3,(H,34,35,37,38). The number of nitrogens with one attached hydrogen (secondary N) is 1. The summed E-state index contributed by atoms with van der Waals surface area (Å²) in [6.45, 7) is 9.98. The molecule has 0 radical (unpaired) electrons. The largest absolute Gasteiger partial charge is 0.451 e. The van der Waals surface area contributed by atoms with Crippen molar-refractivity contribution in [2.75, 3.05) is 61.0 Å². The molecule has 1 N–H and O–H groups in total. The predicted molar refractivity (Wildman–Crippen MR) is 166 cm³/mol. The van der Waals surface area contributed by atoms with E-state index in [0.29, 0.717) is 81.7 Å². The number of anilines is 4. The summed E-state index contributed by atoms with van der Waals surface area (Å²) in [5, 5.41) is 7.62. The van der Waals surface area contributed by atoms with E-state index in [9.17, 15) is 9.18 Å². The molecule has 46 heavy (non-hydrogen) atoms. The quantitative estimate of drug-likeness (QED) is 0.302. The molecule has 1 atom stereocenters. The SMILES string of the molecule is CC(C)(C)OC(=O)N1CCOC(Cn2cc(Nc3ncnc(N4CCN(c5ncc(Oc6ccccc6F)cn5)CC4)n3)cn2)C1. The van der Waals surface area contributed by atoms with E-state index >= 15 is 0 Å². The first-order valence-corrected chi connectivity index (χ1v) is 15.0. The van der Waals surface area contributed by atoms with Gasteiger partial charge in [-0.2, -0.15) is 10.1 Å². The van der Waals surface area contributed by atoms with Crippen molar-refractivity contribution in [3.8, 4) is 11.5 Å². The van der Waals surface area contributed by atoms with Crippen molar-refractivity contribution in [3.63, 3.8) is 0 Å². The van der Waals surface area contributed by atoms with E-state index in [4.69, 9.17) is 14.2 Å². The van der Waals surface area contributed by atoms with Crippen LogP contribution < -0.4 is 19.9 Å². The summed E-state index contributed by atoms with van der Waals surface area (Å²) >= 11 is 0. The molecule has 2 aliphatic rings. The van der Waals surface area contributed by atoms with Crippen LogP contribution in [0.4, 0.5) is 32.7 Å². The van der Waals surface area contributed by atoms with E-state index in [1.165, 1.54) is 24.8 Å². The first-order valence-electron chi connectivity index (χ1n) is 15.0. The zero-order valence-corrected chi connectivity index (χ0v) is 25.9. The number of nitrogens with zero attached hydrogens (tertiary/aromatic N) is 10. The number of amides is 1. The van der Waals surface area contributed by atoms with Gasteiger partial charge in [-0.15, -0.1) is 0 Å². The Morgan fingerprint density at radius 3 is 2.48 bits per heavy atom. The van der Waals surface area contributed by atoms with E-state index in [-0.39, 0.29) is 17.9 Å². The number of carbonyl (C=O) groups excluding carboxylic acids is 1. The number of halogens is 1. The van der Waals surface area contributed by atoms with Crippen LogP contribution in [0.2, 0.25) is 0 Å². The number of rotatable bonds is 8. The molecule has 0 spiro atoms. The van der Waals surface area contributed by atoms with Gasteiger partial charge >= 0.3 is 6.09 Å². The van der Waals surface area contributed by atoms with Crippen molar-refractivity contribution in [2.45, 2.75) is 39.0 Å². The molecular weight excluding hydrogens is 597 g/mol. The van der Waals surface area contributed by atoms with Crippen LogP contribution in [-0.4, -0.2) is 103 Å². The molecule has 0 bridgehead atoms. The van der Waals surface area contributed by atoms with Gasteiger partial charge in [-0.25, -0.2) is 29.1 Å². The molecule has 15 nitrogen and oxygen atoms in total. The van der Waals surface area contributed by atoms with Gasteiger partial charge in [-0.3, -0.25) is 4.68 Å². The normalized spacial score (nSPS) is 17.1. The predicted octanol–water partition coefficient (Wildman–Crippen LogP) is 3.50. The first-order chi connectivity index (χ1) is 22.2. The highest BCUT2D eigenvalue weighted by atomic mass is 19.1. The van der Waals surface area contributed by atoms with Crippen LogP contribution in [0.5, 0.6) is 11.5 Å². The van der Waals surface area contributed by atoms with E-state index in [1.54, 1.807) is 34.0 Å². The molecule has 6 rings (SSSR count). The Balaban J connectivity index is 0.993. The van der Waals surface area contributed by atoms with E-state index in [0.717, 1.165) is 0 Å². The van der Waals surface area contributed by atoms with Gasteiger partial charge in [0.05, 0.1) is 50.1 Å². The van der Waals surface area contributed by atoms with Gasteiger partial charge in [0.1, 0.15) is 11.9 Å². The summed E-state index contributed by atoms with van der Waals surface area (Å²) in [4.78, 5) is 40.4. The molecule has 1 unspecified atom stereocenters. The number of ether oxygens (including phenoxy) is 3. The Morgan fingerprint density at radius 2 is 1.74 bits per heavy atom. The summed E-state index contributed by atoms with van der Waals surface area (Å²) in [5.74, 6) is 1.54. The van der Waals surface area contributed by atoms with Crippen LogP contribution in [0, 0.1) is 5.82 Å². The lowest BCUT2D eigenvalue weighted by atomic mass is 10.2. The van der Waals surface area contributed by atoms with Crippen LogP contribution >= 0.6 is 0 Å². The highest BCUT2D eigenvalue weighted by molar-refractivity contribution is 5.68. The minimum atomic E-state index is -0.553. The topological polar surface area (TPSA) is 149 Å². The lowest BCUT2D eigenvalue weighted by Gasteiger charge is -2.34. The minimum Gasteiger partial charge on any atom is -0.451 e. The number of benzene rings is 1. The third-order valence-electron chi connectivity index (χ3n) is 7.15. The van der Waals surface area contributed by atoms with Gasteiger partial charge in [0.2, 0.25) is 17.8 Å². The fourth-order valence-corrected chi connectivity index (χ4v) is 4.97. The third kappa shape index (κ3) is 7.93. The summed E-state index contributed by atoms with van der Waals surface area (Å²) in [5.41, 5.74) is 0.156. The molecule has 2 saturated heterocycles. The number of piperazine rings is 1. The minimum absolute atomic E-state index is 0.120. The zero-order chi connectivity index (χ0) is 32.1. The van der Waals surface area contributed by atoms with Crippen molar-refractivity contribution in [1.82, 2.24) is 39.6 Å². The molecule has 1 aromatic carbocycles. The summed E-state index contributed by atoms with van der Waals surface area (Å²) in [7, 11) is 0. The molecule has 242 valence electrons. The molecule has 2 fully saturated rings.